The van der Waals surface area contributed by atoms with Crippen molar-refractivity contribution in [2.24, 2.45) is 0 Å². The summed E-state index contributed by atoms with van der Waals surface area (Å²) >= 11 is 0. The number of ketones is 1. The summed E-state index contributed by atoms with van der Waals surface area (Å²) in [6.07, 6.45) is -0.712. The zero-order chi connectivity index (χ0) is 13.3. The van der Waals surface area contributed by atoms with Crippen LogP contribution in [-0.2, 0) is 16.0 Å². The van der Waals surface area contributed by atoms with Crippen LogP contribution in [0.1, 0.15) is 19.4 Å². The maximum atomic E-state index is 11.9. The molecule has 1 heterocycles. The molecule has 0 amide bonds. The standard InChI is InChI=1S/C14H16O4/c1-9-12(16)13(17)14(2,18-9)11(15)8-10-6-4-3-5-7-10/h3-7,11,15-16H,8H2,1-2H3. The van der Waals surface area contributed by atoms with Crippen LogP contribution in [0.4, 0.5) is 0 Å². The maximum Gasteiger partial charge on any atom is 0.246 e. The third-order valence-corrected chi connectivity index (χ3v) is 3.27. The predicted molar refractivity (Wildman–Crippen MR) is 66.0 cm³/mol. The molecular formula is C14H16O4. The van der Waals surface area contributed by atoms with E-state index < -0.39 is 23.2 Å². The Bertz CT molecular complexity index is 492. The number of hydrogen-bond acceptors (Lipinski definition) is 4. The Kier molecular flexibility index (Phi) is 3.13. The third-order valence-electron chi connectivity index (χ3n) is 3.27. The highest BCUT2D eigenvalue weighted by atomic mass is 16.5. The molecule has 0 fully saturated rings. The number of allylic oxidation sites excluding steroid dienone is 1. The van der Waals surface area contributed by atoms with Gasteiger partial charge in [0.15, 0.2) is 5.60 Å². The van der Waals surface area contributed by atoms with Gasteiger partial charge in [0.2, 0.25) is 11.5 Å². The SMILES string of the molecule is CC1=C(O)C(=O)C(C)(C(O)Cc2ccccc2)O1. The summed E-state index contributed by atoms with van der Waals surface area (Å²) in [5, 5.41) is 19.7. The van der Waals surface area contributed by atoms with Crippen molar-refractivity contribution in [2.45, 2.75) is 32.0 Å². The molecule has 0 aromatic heterocycles. The van der Waals surface area contributed by atoms with Gasteiger partial charge in [-0.2, -0.15) is 0 Å². The van der Waals surface area contributed by atoms with Crippen LogP contribution < -0.4 is 0 Å². The summed E-state index contributed by atoms with van der Waals surface area (Å²) in [4.78, 5) is 11.9. The van der Waals surface area contributed by atoms with Gasteiger partial charge in [-0.1, -0.05) is 30.3 Å². The van der Waals surface area contributed by atoms with Gasteiger partial charge in [-0.25, -0.2) is 0 Å². The lowest BCUT2D eigenvalue weighted by Crippen LogP contribution is -2.47. The molecule has 1 aliphatic rings. The van der Waals surface area contributed by atoms with Crippen LogP contribution in [-0.4, -0.2) is 27.7 Å². The Morgan fingerprint density at radius 2 is 1.94 bits per heavy atom. The Balaban J connectivity index is 2.16. The molecule has 0 bridgehead atoms. The minimum atomic E-state index is -1.40. The van der Waals surface area contributed by atoms with Gasteiger partial charge in [0.1, 0.15) is 11.9 Å². The van der Waals surface area contributed by atoms with Gasteiger partial charge in [-0.05, 0) is 19.4 Å². The van der Waals surface area contributed by atoms with E-state index in [9.17, 15) is 15.0 Å². The molecule has 4 heteroatoms. The van der Waals surface area contributed by atoms with Crippen molar-refractivity contribution in [2.75, 3.05) is 0 Å². The molecule has 0 spiro atoms. The van der Waals surface area contributed by atoms with E-state index >= 15 is 0 Å². The number of Topliss-reactive ketones (excluding diaryl/α,β-unsaturated/α-hetero) is 1. The fourth-order valence-electron chi connectivity index (χ4n) is 2.06. The second-order valence-corrected chi connectivity index (χ2v) is 4.65. The van der Waals surface area contributed by atoms with E-state index in [2.05, 4.69) is 0 Å². The first kappa shape index (κ1) is 12.6. The smallest absolute Gasteiger partial charge is 0.246 e. The normalized spacial score (nSPS) is 25.2. The Morgan fingerprint density at radius 1 is 1.33 bits per heavy atom. The largest absolute Gasteiger partial charge is 0.502 e. The van der Waals surface area contributed by atoms with Crippen molar-refractivity contribution >= 4 is 5.78 Å². The maximum absolute atomic E-state index is 11.9. The van der Waals surface area contributed by atoms with Crippen LogP contribution in [0.2, 0.25) is 0 Å². The number of benzene rings is 1. The van der Waals surface area contributed by atoms with Crippen LogP contribution in [0.15, 0.2) is 41.9 Å². The van der Waals surface area contributed by atoms with Gasteiger partial charge in [-0.15, -0.1) is 0 Å². The van der Waals surface area contributed by atoms with Gasteiger partial charge in [0.25, 0.3) is 0 Å². The molecule has 2 atom stereocenters. The monoisotopic (exact) mass is 248 g/mol. The fraction of sp³-hybridized carbons (Fsp3) is 0.357. The van der Waals surface area contributed by atoms with Gasteiger partial charge in [0, 0.05) is 6.42 Å². The quantitative estimate of drug-likeness (QED) is 0.855. The van der Waals surface area contributed by atoms with Crippen molar-refractivity contribution in [1.82, 2.24) is 0 Å². The number of aliphatic hydroxyl groups excluding tert-OH is 2. The van der Waals surface area contributed by atoms with Gasteiger partial charge in [-0.3, -0.25) is 4.79 Å². The van der Waals surface area contributed by atoms with E-state index in [-0.39, 0.29) is 5.76 Å². The zero-order valence-corrected chi connectivity index (χ0v) is 10.4. The van der Waals surface area contributed by atoms with Crippen molar-refractivity contribution in [3.05, 3.63) is 47.4 Å². The minimum Gasteiger partial charge on any atom is -0.502 e. The van der Waals surface area contributed by atoms with Crippen molar-refractivity contribution in [1.29, 1.82) is 0 Å². The third kappa shape index (κ3) is 1.99. The molecule has 2 N–H and O–H groups in total. The van der Waals surface area contributed by atoms with Crippen LogP contribution in [0, 0.1) is 0 Å². The molecule has 18 heavy (non-hydrogen) atoms. The van der Waals surface area contributed by atoms with E-state index in [0.29, 0.717) is 6.42 Å². The van der Waals surface area contributed by atoms with Crippen LogP contribution in [0.3, 0.4) is 0 Å². The van der Waals surface area contributed by atoms with Crippen molar-refractivity contribution in [3.8, 4) is 0 Å². The first-order valence-electron chi connectivity index (χ1n) is 5.81. The first-order chi connectivity index (χ1) is 8.45. The van der Waals surface area contributed by atoms with Crippen LogP contribution in [0.25, 0.3) is 0 Å². The molecule has 1 aromatic carbocycles. The number of aliphatic hydroxyl groups is 2. The Hall–Kier alpha value is -1.81. The molecule has 2 unspecified atom stereocenters. The molecule has 1 aliphatic heterocycles. The number of carbonyl (C=O) groups is 1. The van der Waals surface area contributed by atoms with Crippen molar-refractivity contribution in [3.63, 3.8) is 0 Å². The van der Waals surface area contributed by atoms with Crippen LogP contribution in [0.5, 0.6) is 0 Å². The topological polar surface area (TPSA) is 66.8 Å². The van der Waals surface area contributed by atoms with Gasteiger partial charge < -0.3 is 14.9 Å². The molecular weight excluding hydrogens is 232 g/mol. The molecule has 2 rings (SSSR count). The summed E-state index contributed by atoms with van der Waals surface area (Å²) in [6, 6.07) is 9.34. The fourth-order valence-corrected chi connectivity index (χ4v) is 2.06. The lowest BCUT2D eigenvalue weighted by Gasteiger charge is -2.28. The highest BCUT2D eigenvalue weighted by Gasteiger charge is 2.50. The summed E-state index contributed by atoms with van der Waals surface area (Å²) in [6.45, 7) is 3.00. The zero-order valence-electron chi connectivity index (χ0n) is 10.4. The highest BCUT2D eigenvalue weighted by Crippen LogP contribution is 2.33. The minimum absolute atomic E-state index is 0.162. The highest BCUT2D eigenvalue weighted by molar-refractivity contribution is 6.02. The molecule has 0 radical (unpaired) electrons. The average Bonchev–Trinajstić information content (AvgIpc) is 2.56. The summed E-state index contributed by atoms with van der Waals surface area (Å²) < 4.78 is 5.34. The summed E-state index contributed by atoms with van der Waals surface area (Å²) in [5.41, 5.74) is -0.490. The molecule has 0 saturated heterocycles. The number of ether oxygens (including phenoxy) is 1. The Morgan fingerprint density at radius 3 is 2.44 bits per heavy atom. The molecule has 4 nitrogen and oxygen atoms in total. The number of rotatable bonds is 3. The second kappa shape index (κ2) is 4.46. The molecule has 1 aromatic rings. The van der Waals surface area contributed by atoms with Crippen molar-refractivity contribution < 1.29 is 19.7 Å². The van der Waals surface area contributed by atoms with E-state index in [1.54, 1.807) is 0 Å². The lowest BCUT2D eigenvalue weighted by atomic mass is 9.89. The first-order valence-corrected chi connectivity index (χ1v) is 5.81. The molecule has 96 valence electrons. The van der Waals surface area contributed by atoms with E-state index in [1.165, 1.54) is 13.8 Å². The summed E-state index contributed by atoms with van der Waals surface area (Å²) in [7, 11) is 0. The predicted octanol–water partition coefficient (Wildman–Crippen LogP) is 1.74. The van der Waals surface area contributed by atoms with E-state index in [4.69, 9.17) is 4.74 Å². The Labute approximate surface area is 106 Å². The van der Waals surface area contributed by atoms with E-state index in [0.717, 1.165) is 5.56 Å². The second-order valence-electron chi connectivity index (χ2n) is 4.65. The van der Waals surface area contributed by atoms with E-state index in [1.807, 2.05) is 30.3 Å². The molecule has 0 aliphatic carbocycles. The number of hydrogen-bond donors (Lipinski definition) is 2. The lowest BCUT2D eigenvalue weighted by molar-refractivity contribution is -0.141. The molecule has 0 saturated carbocycles. The average molecular weight is 248 g/mol. The van der Waals surface area contributed by atoms with Gasteiger partial charge >= 0.3 is 0 Å². The summed E-state index contributed by atoms with van der Waals surface area (Å²) in [5.74, 6) is -0.803. The van der Waals surface area contributed by atoms with Gasteiger partial charge in [0.05, 0.1) is 0 Å². The number of carbonyl (C=O) groups excluding carboxylic acids is 1. The van der Waals surface area contributed by atoms with Crippen LogP contribution >= 0.6 is 0 Å².